The lowest BCUT2D eigenvalue weighted by Gasteiger charge is -2.01. The SMILES string of the molecule is CCCc1[nH]n(-c2nc3ccccc3s2)c(=O)c1C(C)=NCCc1cccs1. The number of nitrogens with one attached hydrogen (secondary N) is 1. The van der Waals surface area contributed by atoms with Gasteiger partial charge in [-0.2, -0.15) is 4.68 Å². The van der Waals surface area contributed by atoms with E-state index in [1.165, 1.54) is 16.2 Å². The lowest BCUT2D eigenvalue weighted by atomic mass is 10.1. The molecule has 0 aliphatic carbocycles. The van der Waals surface area contributed by atoms with Crippen LogP contribution in [0.3, 0.4) is 0 Å². The normalized spacial score (nSPS) is 12.1. The number of thiophene rings is 1. The molecular formula is C21H22N4OS2. The fourth-order valence-corrected chi connectivity index (χ4v) is 4.87. The van der Waals surface area contributed by atoms with E-state index in [9.17, 15) is 4.79 Å². The molecule has 0 amide bonds. The molecule has 7 heteroatoms. The highest BCUT2D eigenvalue weighted by molar-refractivity contribution is 7.20. The molecule has 1 aromatic carbocycles. The summed E-state index contributed by atoms with van der Waals surface area (Å²) in [4.78, 5) is 23.8. The van der Waals surface area contributed by atoms with Crippen molar-refractivity contribution in [2.45, 2.75) is 33.1 Å². The fourth-order valence-electron chi connectivity index (χ4n) is 3.24. The molecule has 0 spiro atoms. The van der Waals surface area contributed by atoms with Crippen LogP contribution in [-0.4, -0.2) is 27.0 Å². The maximum Gasteiger partial charge on any atom is 0.282 e. The number of aryl methyl sites for hydroxylation is 1. The first-order chi connectivity index (χ1) is 13.7. The number of aromatic amines is 1. The van der Waals surface area contributed by atoms with E-state index in [2.05, 4.69) is 34.5 Å². The van der Waals surface area contributed by atoms with Crippen LogP contribution >= 0.6 is 22.7 Å². The summed E-state index contributed by atoms with van der Waals surface area (Å²) in [5.41, 5.74) is 3.25. The van der Waals surface area contributed by atoms with E-state index in [0.717, 1.165) is 40.9 Å². The Bertz CT molecular complexity index is 1130. The minimum absolute atomic E-state index is 0.0696. The minimum atomic E-state index is -0.0696. The molecule has 3 heterocycles. The molecule has 1 N–H and O–H groups in total. The number of fused-ring (bicyclic) bond motifs is 1. The zero-order chi connectivity index (χ0) is 19.5. The van der Waals surface area contributed by atoms with Gasteiger partial charge < -0.3 is 0 Å². The highest BCUT2D eigenvalue weighted by atomic mass is 32.1. The maximum atomic E-state index is 13.2. The Balaban J connectivity index is 1.69. The van der Waals surface area contributed by atoms with Gasteiger partial charge in [0.2, 0.25) is 5.13 Å². The van der Waals surface area contributed by atoms with Crippen molar-refractivity contribution in [1.29, 1.82) is 0 Å². The standard InChI is InChI=1S/C21H22N4OS2/c1-3-7-17-19(14(2)22-12-11-15-8-6-13-27-15)20(26)25(24-17)21-23-16-9-4-5-10-18(16)28-21/h4-6,8-10,13,24H,3,7,11-12H2,1-2H3. The predicted octanol–water partition coefficient (Wildman–Crippen LogP) is 4.84. The number of hydrogen-bond donors (Lipinski definition) is 1. The highest BCUT2D eigenvalue weighted by Crippen LogP contribution is 2.24. The second kappa shape index (κ2) is 8.24. The Labute approximate surface area is 171 Å². The first-order valence-corrected chi connectivity index (χ1v) is 11.1. The van der Waals surface area contributed by atoms with Gasteiger partial charge in [0.1, 0.15) is 0 Å². The third-order valence-corrected chi connectivity index (χ3v) is 6.55. The molecule has 5 nitrogen and oxygen atoms in total. The van der Waals surface area contributed by atoms with Crippen LogP contribution in [0.2, 0.25) is 0 Å². The topological polar surface area (TPSA) is 63.0 Å². The molecule has 0 aliphatic heterocycles. The van der Waals surface area contributed by atoms with Gasteiger partial charge in [0, 0.05) is 29.2 Å². The molecule has 4 rings (SSSR count). The van der Waals surface area contributed by atoms with E-state index in [-0.39, 0.29) is 5.56 Å². The molecule has 3 aromatic heterocycles. The van der Waals surface area contributed by atoms with Crippen molar-refractivity contribution < 1.29 is 0 Å². The summed E-state index contributed by atoms with van der Waals surface area (Å²) in [7, 11) is 0. The number of hydrogen-bond acceptors (Lipinski definition) is 5. The van der Waals surface area contributed by atoms with Gasteiger partial charge in [-0.15, -0.1) is 11.3 Å². The lowest BCUT2D eigenvalue weighted by Crippen LogP contribution is -2.20. The number of rotatable bonds is 7. The van der Waals surface area contributed by atoms with Gasteiger partial charge in [-0.05, 0) is 36.9 Å². The average Bonchev–Trinajstić information content (AvgIpc) is 3.40. The van der Waals surface area contributed by atoms with Gasteiger partial charge in [0.05, 0.1) is 15.8 Å². The van der Waals surface area contributed by atoms with Crippen molar-refractivity contribution >= 4 is 38.6 Å². The summed E-state index contributed by atoms with van der Waals surface area (Å²) in [5, 5.41) is 6.03. The zero-order valence-corrected chi connectivity index (χ0v) is 17.6. The summed E-state index contributed by atoms with van der Waals surface area (Å²) in [6.07, 6.45) is 2.66. The number of thiazole rings is 1. The van der Waals surface area contributed by atoms with E-state index in [1.54, 1.807) is 16.0 Å². The van der Waals surface area contributed by atoms with Gasteiger partial charge in [-0.3, -0.25) is 14.9 Å². The first kappa shape index (κ1) is 18.8. The molecule has 0 aliphatic rings. The van der Waals surface area contributed by atoms with Crippen molar-refractivity contribution in [3.8, 4) is 5.13 Å². The number of aromatic nitrogens is 3. The Hall–Kier alpha value is -2.51. The molecule has 0 bridgehead atoms. The average molecular weight is 411 g/mol. The second-order valence-corrected chi connectivity index (χ2v) is 8.66. The van der Waals surface area contributed by atoms with Crippen LogP contribution in [0, 0.1) is 0 Å². The van der Waals surface area contributed by atoms with Crippen molar-refractivity contribution in [2.24, 2.45) is 4.99 Å². The van der Waals surface area contributed by atoms with Gasteiger partial charge in [0.25, 0.3) is 5.56 Å². The number of aliphatic imine (C=N–C) groups is 1. The maximum absolute atomic E-state index is 13.2. The van der Waals surface area contributed by atoms with Crippen LogP contribution in [-0.2, 0) is 12.8 Å². The zero-order valence-electron chi connectivity index (χ0n) is 15.9. The summed E-state index contributed by atoms with van der Waals surface area (Å²) in [6, 6.07) is 12.1. The summed E-state index contributed by atoms with van der Waals surface area (Å²) in [6.45, 7) is 4.73. The van der Waals surface area contributed by atoms with Crippen LogP contribution in [0.4, 0.5) is 0 Å². The van der Waals surface area contributed by atoms with Crippen LogP contribution in [0.25, 0.3) is 15.3 Å². The Morgan fingerprint density at radius 3 is 2.82 bits per heavy atom. The Morgan fingerprint density at radius 2 is 2.07 bits per heavy atom. The molecule has 0 saturated heterocycles. The van der Waals surface area contributed by atoms with E-state index in [1.807, 2.05) is 31.2 Å². The van der Waals surface area contributed by atoms with Crippen molar-refractivity contribution in [3.63, 3.8) is 0 Å². The van der Waals surface area contributed by atoms with Crippen LogP contribution < -0.4 is 5.56 Å². The van der Waals surface area contributed by atoms with E-state index >= 15 is 0 Å². The molecule has 0 atom stereocenters. The van der Waals surface area contributed by atoms with Gasteiger partial charge >= 0.3 is 0 Å². The third-order valence-electron chi connectivity index (χ3n) is 4.59. The summed E-state index contributed by atoms with van der Waals surface area (Å²) >= 11 is 3.25. The highest BCUT2D eigenvalue weighted by Gasteiger charge is 2.19. The lowest BCUT2D eigenvalue weighted by molar-refractivity contribution is 0.790. The van der Waals surface area contributed by atoms with Gasteiger partial charge in [-0.25, -0.2) is 4.98 Å². The van der Waals surface area contributed by atoms with Crippen LogP contribution in [0.1, 0.15) is 36.4 Å². The molecular weight excluding hydrogens is 388 g/mol. The number of H-pyrrole nitrogens is 1. The summed E-state index contributed by atoms with van der Waals surface area (Å²) in [5.74, 6) is 0. The second-order valence-electron chi connectivity index (χ2n) is 6.62. The largest absolute Gasteiger partial charge is 0.292 e. The number of nitrogens with zero attached hydrogens (tertiary/aromatic N) is 3. The van der Waals surface area contributed by atoms with Gasteiger partial charge in [-0.1, -0.05) is 42.9 Å². The molecule has 0 fully saturated rings. The van der Waals surface area contributed by atoms with E-state index in [4.69, 9.17) is 4.99 Å². The van der Waals surface area contributed by atoms with Crippen molar-refractivity contribution in [3.05, 3.63) is 68.3 Å². The quantitative estimate of drug-likeness (QED) is 0.443. The predicted molar refractivity (Wildman–Crippen MR) is 119 cm³/mol. The molecule has 0 radical (unpaired) electrons. The monoisotopic (exact) mass is 410 g/mol. The molecule has 28 heavy (non-hydrogen) atoms. The fraction of sp³-hybridized carbons (Fsp3) is 0.286. The molecule has 0 unspecified atom stereocenters. The summed E-state index contributed by atoms with van der Waals surface area (Å²) < 4.78 is 2.64. The smallest absolute Gasteiger partial charge is 0.282 e. The van der Waals surface area contributed by atoms with Crippen molar-refractivity contribution in [1.82, 2.24) is 14.8 Å². The van der Waals surface area contributed by atoms with Crippen LogP contribution in [0.5, 0.6) is 0 Å². The Morgan fingerprint density at radius 1 is 1.21 bits per heavy atom. The van der Waals surface area contributed by atoms with E-state index in [0.29, 0.717) is 17.2 Å². The Kier molecular flexibility index (Phi) is 5.54. The minimum Gasteiger partial charge on any atom is -0.292 e. The molecule has 4 aromatic rings. The molecule has 144 valence electrons. The molecule has 0 saturated carbocycles. The number of para-hydroxylation sites is 1. The van der Waals surface area contributed by atoms with E-state index < -0.39 is 0 Å². The number of benzene rings is 1. The van der Waals surface area contributed by atoms with Gasteiger partial charge in [0.15, 0.2) is 0 Å². The first-order valence-electron chi connectivity index (χ1n) is 9.41. The van der Waals surface area contributed by atoms with Crippen molar-refractivity contribution in [2.75, 3.05) is 6.54 Å². The third kappa shape index (κ3) is 3.72. The van der Waals surface area contributed by atoms with Crippen LogP contribution in [0.15, 0.2) is 51.6 Å².